The van der Waals surface area contributed by atoms with Crippen molar-refractivity contribution in [1.29, 1.82) is 0 Å². The highest BCUT2D eigenvalue weighted by molar-refractivity contribution is 5.50. The second-order valence-corrected chi connectivity index (χ2v) is 4.20. The lowest BCUT2D eigenvalue weighted by atomic mass is 10.1. The van der Waals surface area contributed by atoms with Crippen LogP contribution < -0.4 is 4.74 Å². The summed E-state index contributed by atoms with van der Waals surface area (Å²) in [6.45, 7) is 0. The molecule has 0 bridgehead atoms. The van der Waals surface area contributed by atoms with E-state index >= 15 is 0 Å². The van der Waals surface area contributed by atoms with Gasteiger partial charge in [0, 0.05) is 7.11 Å². The Kier molecular flexibility index (Phi) is 4.76. The van der Waals surface area contributed by atoms with Crippen molar-refractivity contribution in [3.05, 3.63) is 71.8 Å². The SMILES string of the molecule is COc1ccc(C(/C=C/c2ccccc2)OC)cc1. The fraction of sp³-hybridized carbons (Fsp3) is 0.176. The Morgan fingerprint density at radius 3 is 2.16 bits per heavy atom. The van der Waals surface area contributed by atoms with E-state index in [2.05, 4.69) is 24.3 Å². The van der Waals surface area contributed by atoms with E-state index in [9.17, 15) is 0 Å². The molecule has 1 unspecified atom stereocenters. The van der Waals surface area contributed by atoms with Crippen LogP contribution in [-0.2, 0) is 4.74 Å². The third kappa shape index (κ3) is 3.70. The molecule has 0 heterocycles. The van der Waals surface area contributed by atoms with Gasteiger partial charge in [-0.15, -0.1) is 0 Å². The molecule has 0 aliphatic heterocycles. The second-order valence-electron chi connectivity index (χ2n) is 4.20. The summed E-state index contributed by atoms with van der Waals surface area (Å²) < 4.78 is 10.7. The van der Waals surface area contributed by atoms with Gasteiger partial charge in [-0.3, -0.25) is 0 Å². The summed E-state index contributed by atoms with van der Waals surface area (Å²) in [5.74, 6) is 0.852. The van der Waals surface area contributed by atoms with Crippen molar-refractivity contribution < 1.29 is 9.47 Å². The third-order valence-corrected chi connectivity index (χ3v) is 2.96. The van der Waals surface area contributed by atoms with Crippen molar-refractivity contribution >= 4 is 6.08 Å². The smallest absolute Gasteiger partial charge is 0.118 e. The van der Waals surface area contributed by atoms with Crippen molar-refractivity contribution in [2.45, 2.75) is 6.10 Å². The van der Waals surface area contributed by atoms with Crippen LogP contribution >= 0.6 is 0 Å². The first-order valence-corrected chi connectivity index (χ1v) is 6.23. The topological polar surface area (TPSA) is 18.5 Å². The van der Waals surface area contributed by atoms with Crippen LogP contribution in [0.1, 0.15) is 17.2 Å². The van der Waals surface area contributed by atoms with Crippen molar-refractivity contribution in [2.24, 2.45) is 0 Å². The molecule has 2 aromatic rings. The Morgan fingerprint density at radius 1 is 0.895 bits per heavy atom. The van der Waals surface area contributed by atoms with Crippen LogP contribution in [0, 0.1) is 0 Å². The second kappa shape index (κ2) is 6.76. The monoisotopic (exact) mass is 254 g/mol. The lowest BCUT2D eigenvalue weighted by Gasteiger charge is -2.12. The normalized spacial score (nSPS) is 12.5. The maximum absolute atomic E-state index is 5.50. The summed E-state index contributed by atoms with van der Waals surface area (Å²) in [5.41, 5.74) is 2.27. The van der Waals surface area contributed by atoms with Crippen molar-refractivity contribution in [3.8, 4) is 5.75 Å². The number of benzene rings is 2. The quantitative estimate of drug-likeness (QED) is 0.800. The molecule has 98 valence electrons. The number of hydrogen-bond donors (Lipinski definition) is 0. The summed E-state index contributed by atoms with van der Waals surface area (Å²) in [4.78, 5) is 0. The van der Waals surface area contributed by atoms with E-state index in [4.69, 9.17) is 9.47 Å². The van der Waals surface area contributed by atoms with E-state index in [0.717, 1.165) is 16.9 Å². The number of hydrogen-bond acceptors (Lipinski definition) is 2. The first kappa shape index (κ1) is 13.4. The van der Waals surface area contributed by atoms with Gasteiger partial charge in [-0.25, -0.2) is 0 Å². The van der Waals surface area contributed by atoms with Gasteiger partial charge in [0.1, 0.15) is 11.9 Å². The molecule has 19 heavy (non-hydrogen) atoms. The molecule has 1 atom stereocenters. The Hall–Kier alpha value is -2.06. The lowest BCUT2D eigenvalue weighted by molar-refractivity contribution is 0.143. The number of rotatable bonds is 5. The molecule has 0 saturated carbocycles. The first-order chi connectivity index (χ1) is 9.33. The zero-order valence-corrected chi connectivity index (χ0v) is 11.2. The van der Waals surface area contributed by atoms with Crippen LogP contribution in [-0.4, -0.2) is 14.2 Å². The van der Waals surface area contributed by atoms with E-state index in [1.807, 2.05) is 42.5 Å². The standard InChI is InChI=1S/C17H18O2/c1-18-16-11-9-15(10-12-16)17(19-2)13-8-14-6-4-3-5-7-14/h3-13,17H,1-2H3/b13-8+. The van der Waals surface area contributed by atoms with Gasteiger partial charge < -0.3 is 9.47 Å². The zero-order valence-electron chi connectivity index (χ0n) is 11.2. The van der Waals surface area contributed by atoms with Crippen molar-refractivity contribution in [2.75, 3.05) is 14.2 Å². The van der Waals surface area contributed by atoms with Crippen molar-refractivity contribution in [1.82, 2.24) is 0 Å². The van der Waals surface area contributed by atoms with E-state index in [1.165, 1.54) is 0 Å². The van der Waals surface area contributed by atoms with Crippen LogP contribution in [0.2, 0.25) is 0 Å². The van der Waals surface area contributed by atoms with Gasteiger partial charge in [0.25, 0.3) is 0 Å². The van der Waals surface area contributed by atoms with Crippen LogP contribution in [0.5, 0.6) is 5.75 Å². The summed E-state index contributed by atoms with van der Waals surface area (Å²) in [5, 5.41) is 0. The van der Waals surface area contributed by atoms with Crippen molar-refractivity contribution in [3.63, 3.8) is 0 Å². The van der Waals surface area contributed by atoms with Gasteiger partial charge >= 0.3 is 0 Å². The highest BCUT2D eigenvalue weighted by Gasteiger charge is 2.06. The lowest BCUT2D eigenvalue weighted by Crippen LogP contribution is -1.97. The molecule has 0 aliphatic rings. The largest absolute Gasteiger partial charge is 0.497 e. The molecule has 0 spiro atoms. The first-order valence-electron chi connectivity index (χ1n) is 6.23. The van der Waals surface area contributed by atoms with E-state index in [0.29, 0.717) is 0 Å². The average Bonchev–Trinajstić information content (AvgIpc) is 2.49. The van der Waals surface area contributed by atoms with Crippen LogP contribution in [0.15, 0.2) is 60.7 Å². The average molecular weight is 254 g/mol. The highest BCUT2D eigenvalue weighted by Crippen LogP contribution is 2.22. The Balaban J connectivity index is 2.13. The maximum atomic E-state index is 5.50. The number of methoxy groups -OCH3 is 2. The Morgan fingerprint density at radius 2 is 1.58 bits per heavy atom. The van der Waals surface area contributed by atoms with Gasteiger partial charge in [0.05, 0.1) is 7.11 Å². The Bertz CT molecular complexity index is 515. The van der Waals surface area contributed by atoms with E-state index < -0.39 is 0 Å². The molecule has 0 fully saturated rings. The van der Waals surface area contributed by atoms with Crippen LogP contribution in [0.3, 0.4) is 0 Å². The minimum atomic E-state index is -0.0499. The molecule has 0 radical (unpaired) electrons. The van der Waals surface area contributed by atoms with Gasteiger partial charge in [0.15, 0.2) is 0 Å². The molecular formula is C17H18O2. The minimum Gasteiger partial charge on any atom is -0.497 e. The summed E-state index contributed by atoms with van der Waals surface area (Å²) in [6.07, 6.45) is 4.07. The molecule has 2 heteroatoms. The molecule has 0 saturated heterocycles. The third-order valence-electron chi connectivity index (χ3n) is 2.96. The van der Waals surface area contributed by atoms with Gasteiger partial charge in [0.2, 0.25) is 0 Å². The minimum absolute atomic E-state index is 0.0499. The fourth-order valence-corrected chi connectivity index (χ4v) is 1.88. The van der Waals surface area contributed by atoms with Gasteiger partial charge in [-0.2, -0.15) is 0 Å². The Labute approximate surface area is 114 Å². The van der Waals surface area contributed by atoms with E-state index in [-0.39, 0.29) is 6.10 Å². The predicted molar refractivity (Wildman–Crippen MR) is 78.2 cm³/mol. The summed E-state index contributed by atoms with van der Waals surface area (Å²) in [7, 11) is 3.38. The number of ether oxygens (including phenoxy) is 2. The van der Waals surface area contributed by atoms with Gasteiger partial charge in [-0.1, -0.05) is 54.6 Å². The molecule has 0 aromatic heterocycles. The molecule has 2 rings (SSSR count). The zero-order chi connectivity index (χ0) is 13.5. The maximum Gasteiger partial charge on any atom is 0.118 e. The van der Waals surface area contributed by atoms with Crippen LogP contribution in [0.4, 0.5) is 0 Å². The highest BCUT2D eigenvalue weighted by atomic mass is 16.5. The fourth-order valence-electron chi connectivity index (χ4n) is 1.88. The summed E-state index contributed by atoms with van der Waals surface area (Å²) in [6, 6.07) is 18.1. The van der Waals surface area contributed by atoms with Crippen LogP contribution in [0.25, 0.3) is 6.08 Å². The molecule has 2 nitrogen and oxygen atoms in total. The summed E-state index contributed by atoms with van der Waals surface area (Å²) >= 11 is 0. The molecule has 0 N–H and O–H groups in total. The van der Waals surface area contributed by atoms with E-state index in [1.54, 1.807) is 14.2 Å². The molecule has 2 aromatic carbocycles. The van der Waals surface area contributed by atoms with Gasteiger partial charge in [-0.05, 0) is 23.3 Å². The molecule has 0 aliphatic carbocycles. The predicted octanol–water partition coefficient (Wildman–Crippen LogP) is 4.10. The molecule has 0 amide bonds. The molecular weight excluding hydrogens is 236 g/mol.